The van der Waals surface area contributed by atoms with Crippen LogP contribution in [0, 0.1) is 21.7 Å². The fraction of sp³-hybridized carbons (Fsp3) is 0.417. The number of nitro benzene ring substituents is 1. The third-order valence-corrected chi connectivity index (χ3v) is 2.71. The van der Waals surface area contributed by atoms with Gasteiger partial charge in [-0.2, -0.15) is 4.39 Å². The maximum atomic E-state index is 13.8. The number of nitrogens with one attached hydrogen (secondary N) is 1. The summed E-state index contributed by atoms with van der Waals surface area (Å²) in [4.78, 5) is 22.7. The van der Waals surface area contributed by atoms with Gasteiger partial charge < -0.3 is 10.2 Å². The van der Waals surface area contributed by atoms with Crippen LogP contribution in [0.4, 0.5) is 14.5 Å². The molecule has 0 unspecified atom stereocenters. The van der Waals surface area contributed by atoms with Gasteiger partial charge in [-0.3, -0.25) is 14.9 Å². The van der Waals surface area contributed by atoms with E-state index < -0.39 is 33.7 Å². The van der Waals surface area contributed by atoms with Gasteiger partial charge in [-0.05, 0) is 26.1 Å². The molecule has 1 aromatic rings. The van der Waals surface area contributed by atoms with Gasteiger partial charge >= 0.3 is 5.69 Å². The molecule has 0 heterocycles. The molecule has 1 aromatic carbocycles. The van der Waals surface area contributed by atoms with E-state index in [9.17, 15) is 23.7 Å². The van der Waals surface area contributed by atoms with Crippen LogP contribution in [0.3, 0.4) is 0 Å². The molecule has 110 valence electrons. The molecule has 20 heavy (non-hydrogen) atoms. The Bertz CT molecular complexity index is 523. The molecule has 0 aliphatic rings. The summed E-state index contributed by atoms with van der Waals surface area (Å²) >= 11 is 0. The average molecular weight is 287 g/mol. The lowest BCUT2D eigenvalue weighted by Gasteiger charge is -2.17. The summed E-state index contributed by atoms with van der Waals surface area (Å²) in [7, 11) is 3.17. The van der Waals surface area contributed by atoms with Crippen molar-refractivity contribution in [3.63, 3.8) is 0 Å². The van der Waals surface area contributed by atoms with Gasteiger partial charge in [0, 0.05) is 13.6 Å². The molecule has 0 atom stereocenters. The quantitative estimate of drug-likeness (QED) is 0.489. The summed E-state index contributed by atoms with van der Waals surface area (Å²) in [6, 6.07) is 1.12. The Morgan fingerprint density at radius 1 is 1.45 bits per heavy atom. The Morgan fingerprint density at radius 2 is 2.10 bits per heavy atom. The second kappa shape index (κ2) is 6.90. The highest BCUT2D eigenvalue weighted by molar-refractivity contribution is 5.95. The van der Waals surface area contributed by atoms with E-state index in [1.165, 1.54) is 11.9 Å². The summed E-state index contributed by atoms with van der Waals surface area (Å²) in [5.74, 6) is -3.13. The topological polar surface area (TPSA) is 75.5 Å². The van der Waals surface area contributed by atoms with Crippen molar-refractivity contribution in [3.8, 4) is 0 Å². The zero-order chi connectivity index (χ0) is 15.3. The molecule has 0 fully saturated rings. The highest BCUT2D eigenvalue weighted by Crippen LogP contribution is 2.23. The van der Waals surface area contributed by atoms with Gasteiger partial charge in [0.2, 0.25) is 5.82 Å². The van der Waals surface area contributed by atoms with E-state index in [-0.39, 0.29) is 0 Å². The number of halogens is 2. The first kappa shape index (κ1) is 16.0. The maximum Gasteiger partial charge on any atom is 0.308 e. The van der Waals surface area contributed by atoms with E-state index in [0.717, 1.165) is 0 Å². The van der Waals surface area contributed by atoms with Crippen LogP contribution in [-0.2, 0) is 0 Å². The summed E-state index contributed by atoms with van der Waals surface area (Å²) in [5.41, 5.74) is -1.68. The SMILES string of the molecule is CNCCCN(C)C(=O)c1cc(F)cc([N+](=O)[O-])c1F. The molecule has 0 bridgehead atoms. The highest BCUT2D eigenvalue weighted by Gasteiger charge is 2.25. The lowest BCUT2D eigenvalue weighted by atomic mass is 10.1. The second-order valence-electron chi connectivity index (χ2n) is 4.23. The molecule has 0 aliphatic carbocycles. The third-order valence-electron chi connectivity index (χ3n) is 2.71. The van der Waals surface area contributed by atoms with E-state index in [1.54, 1.807) is 7.05 Å². The van der Waals surface area contributed by atoms with E-state index in [1.807, 2.05) is 0 Å². The van der Waals surface area contributed by atoms with Gasteiger partial charge in [0.15, 0.2) is 0 Å². The molecule has 8 heteroatoms. The van der Waals surface area contributed by atoms with Gasteiger partial charge in [-0.25, -0.2) is 4.39 Å². The standard InChI is InChI=1S/C12H15F2N3O3/c1-15-4-3-5-16(2)12(18)9-6-8(13)7-10(11(9)14)17(19)20/h6-7,15H,3-5H2,1-2H3. The van der Waals surface area contributed by atoms with Crippen LogP contribution in [0.25, 0.3) is 0 Å². The van der Waals surface area contributed by atoms with Crippen molar-refractivity contribution in [1.82, 2.24) is 10.2 Å². The first-order valence-electron chi connectivity index (χ1n) is 5.92. The Labute approximate surface area is 114 Å². The Hall–Kier alpha value is -2.09. The third kappa shape index (κ3) is 3.70. The fourth-order valence-electron chi connectivity index (χ4n) is 1.66. The molecule has 1 N–H and O–H groups in total. The van der Waals surface area contributed by atoms with Crippen molar-refractivity contribution in [3.05, 3.63) is 39.4 Å². The predicted octanol–water partition coefficient (Wildman–Crippen LogP) is 1.55. The summed E-state index contributed by atoms with van der Waals surface area (Å²) in [5, 5.41) is 13.5. The fourth-order valence-corrected chi connectivity index (χ4v) is 1.66. The number of nitrogens with zero attached hydrogens (tertiary/aromatic N) is 2. The molecular formula is C12H15F2N3O3. The Morgan fingerprint density at radius 3 is 2.65 bits per heavy atom. The van der Waals surface area contributed by atoms with Crippen molar-refractivity contribution in [2.75, 3.05) is 27.2 Å². The van der Waals surface area contributed by atoms with Crippen LogP contribution in [0.2, 0.25) is 0 Å². The zero-order valence-electron chi connectivity index (χ0n) is 11.2. The number of carbonyl (C=O) groups is 1. The second-order valence-corrected chi connectivity index (χ2v) is 4.23. The van der Waals surface area contributed by atoms with Crippen molar-refractivity contribution < 1.29 is 18.5 Å². The van der Waals surface area contributed by atoms with Crippen molar-refractivity contribution >= 4 is 11.6 Å². The molecule has 0 saturated carbocycles. The predicted molar refractivity (Wildman–Crippen MR) is 68.5 cm³/mol. The number of rotatable bonds is 6. The van der Waals surface area contributed by atoms with Crippen molar-refractivity contribution in [1.29, 1.82) is 0 Å². The van der Waals surface area contributed by atoms with Crippen LogP contribution >= 0.6 is 0 Å². The van der Waals surface area contributed by atoms with Crippen molar-refractivity contribution in [2.45, 2.75) is 6.42 Å². The number of amides is 1. The van der Waals surface area contributed by atoms with Crippen LogP contribution < -0.4 is 5.32 Å². The number of hydrogen-bond acceptors (Lipinski definition) is 4. The molecule has 1 rings (SSSR count). The van der Waals surface area contributed by atoms with E-state index in [2.05, 4.69) is 5.32 Å². The van der Waals surface area contributed by atoms with Crippen LogP contribution in [-0.4, -0.2) is 42.9 Å². The first-order valence-corrected chi connectivity index (χ1v) is 5.92. The molecule has 0 aliphatic heterocycles. The minimum atomic E-state index is -1.32. The lowest BCUT2D eigenvalue weighted by Crippen LogP contribution is -2.30. The zero-order valence-corrected chi connectivity index (χ0v) is 11.2. The largest absolute Gasteiger partial charge is 0.342 e. The van der Waals surface area contributed by atoms with Crippen LogP contribution in [0.15, 0.2) is 12.1 Å². The molecule has 6 nitrogen and oxygen atoms in total. The van der Waals surface area contributed by atoms with Gasteiger partial charge in [0.05, 0.1) is 16.6 Å². The highest BCUT2D eigenvalue weighted by atomic mass is 19.1. The van der Waals surface area contributed by atoms with E-state index in [4.69, 9.17) is 0 Å². The summed E-state index contributed by atoms with van der Waals surface area (Å²) in [6.07, 6.45) is 0.623. The first-order chi connectivity index (χ1) is 9.38. The molecule has 0 aromatic heterocycles. The number of carbonyl (C=O) groups excluding carboxylic acids is 1. The van der Waals surface area contributed by atoms with Gasteiger partial charge in [0.25, 0.3) is 5.91 Å². The smallest absolute Gasteiger partial charge is 0.308 e. The van der Waals surface area contributed by atoms with Gasteiger partial charge in [0.1, 0.15) is 5.82 Å². The number of hydrogen-bond donors (Lipinski definition) is 1. The Kier molecular flexibility index (Phi) is 5.51. The Balaban J connectivity index is 3.01. The van der Waals surface area contributed by atoms with Gasteiger partial charge in [-0.1, -0.05) is 0 Å². The lowest BCUT2D eigenvalue weighted by molar-refractivity contribution is -0.387. The number of benzene rings is 1. The summed E-state index contributed by atoms with van der Waals surface area (Å²) < 4.78 is 27.1. The van der Waals surface area contributed by atoms with Gasteiger partial charge in [-0.15, -0.1) is 0 Å². The monoisotopic (exact) mass is 287 g/mol. The maximum absolute atomic E-state index is 13.8. The molecular weight excluding hydrogens is 272 g/mol. The minimum absolute atomic E-state index is 0.323. The van der Waals surface area contributed by atoms with Crippen LogP contribution in [0.1, 0.15) is 16.8 Å². The normalized spacial score (nSPS) is 10.4. The van der Waals surface area contributed by atoms with E-state index in [0.29, 0.717) is 31.6 Å². The molecule has 0 radical (unpaired) electrons. The van der Waals surface area contributed by atoms with Crippen molar-refractivity contribution in [2.24, 2.45) is 0 Å². The average Bonchev–Trinajstić information content (AvgIpc) is 2.40. The van der Waals surface area contributed by atoms with Crippen LogP contribution in [0.5, 0.6) is 0 Å². The molecule has 0 spiro atoms. The minimum Gasteiger partial charge on any atom is -0.342 e. The molecule has 1 amide bonds. The molecule has 0 saturated heterocycles. The number of nitro groups is 1. The van der Waals surface area contributed by atoms with E-state index >= 15 is 0 Å². The summed E-state index contributed by atoms with van der Waals surface area (Å²) in [6.45, 7) is 0.979.